The Labute approximate surface area is 96.0 Å². The van der Waals surface area contributed by atoms with Crippen molar-refractivity contribution < 1.29 is 13.5 Å². The maximum atomic E-state index is 12.6. The Morgan fingerprint density at radius 3 is 3.00 bits per heavy atom. The minimum atomic E-state index is -2.50. The van der Waals surface area contributed by atoms with Crippen LogP contribution in [0.4, 0.5) is 8.78 Å². The van der Waals surface area contributed by atoms with Gasteiger partial charge in [-0.15, -0.1) is 0 Å². The molecule has 0 amide bonds. The molecule has 3 rings (SSSR count). The minimum absolute atomic E-state index is 0.0750. The largest absolute Gasteiger partial charge is 0.477 e. The van der Waals surface area contributed by atoms with Gasteiger partial charge in [-0.25, -0.2) is 18.7 Å². The van der Waals surface area contributed by atoms with Crippen molar-refractivity contribution in [1.29, 1.82) is 0 Å². The van der Waals surface area contributed by atoms with E-state index in [4.69, 9.17) is 4.74 Å². The van der Waals surface area contributed by atoms with Crippen LogP contribution in [0, 0.1) is 5.92 Å². The average Bonchev–Trinajstić information content (AvgIpc) is 2.71. The molecule has 0 atom stereocenters. The van der Waals surface area contributed by atoms with E-state index in [-0.39, 0.29) is 25.4 Å². The summed E-state index contributed by atoms with van der Waals surface area (Å²) in [5, 5.41) is 0.776. The molecule has 1 aliphatic rings. The molecule has 2 aromatic rings. The highest BCUT2D eigenvalue weighted by Crippen LogP contribution is 2.42. The monoisotopic (exact) mass is 239 g/mol. The molecule has 4 nitrogen and oxygen atoms in total. The van der Waals surface area contributed by atoms with E-state index in [1.807, 2.05) is 0 Å². The molecular weight excluding hydrogens is 228 g/mol. The molecule has 17 heavy (non-hydrogen) atoms. The van der Waals surface area contributed by atoms with Crippen molar-refractivity contribution in [2.45, 2.75) is 18.8 Å². The van der Waals surface area contributed by atoms with Gasteiger partial charge in [0.05, 0.1) is 12.0 Å². The Hall–Kier alpha value is -1.72. The summed E-state index contributed by atoms with van der Waals surface area (Å²) in [5.74, 6) is -2.12. The zero-order valence-electron chi connectivity index (χ0n) is 8.99. The van der Waals surface area contributed by atoms with Gasteiger partial charge < -0.3 is 9.72 Å². The summed E-state index contributed by atoms with van der Waals surface area (Å²) in [7, 11) is 0. The number of nitrogens with one attached hydrogen (secondary N) is 1. The first-order valence-electron chi connectivity index (χ1n) is 5.43. The summed E-state index contributed by atoms with van der Waals surface area (Å²) in [5.41, 5.74) is 0.689. The Balaban J connectivity index is 1.67. The summed E-state index contributed by atoms with van der Waals surface area (Å²) in [6, 6.07) is 1.81. The highest BCUT2D eigenvalue weighted by molar-refractivity contribution is 5.80. The molecule has 0 aliphatic heterocycles. The first-order valence-corrected chi connectivity index (χ1v) is 5.43. The van der Waals surface area contributed by atoms with Crippen LogP contribution in [-0.2, 0) is 0 Å². The molecule has 0 saturated heterocycles. The van der Waals surface area contributed by atoms with Gasteiger partial charge in [-0.2, -0.15) is 0 Å². The Morgan fingerprint density at radius 1 is 1.41 bits per heavy atom. The van der Waals surface area contributed by atoms with Crippen LogP contribution >= 0.6 is 0 Å². The highest BCUT2D eigenvalue weighted by atomic mass is 19.3. The fraction of sp³-hybridized carbons (Fsp3) is 0.455. The Bertz CT molecular complexity index is 532. The van der Waals surface area contributed by atoms with E-state index in [0.717, 1.165) is 5.39 Å². The second kappa shape index (κ2) is 3.65. The number of aromatic amines is 1. The van der Waals surface area contributed by atoms with E-state index in [0.29, 0.717) is 11.5 Å². The lowest BCUT2D eigenvalue weighted by molar-refractivity contribution is -0.119. The molecule has 1 fully saturated rings. The van der Waals surface area contributed by atoms with E-state index in [2.05, 4.69) is 15.0 Å². The van der Waals surface area contributed by atoms with Crippen LogP contribution in [0.2, 0.25) is 0 Å². The lowest BCUT2D eigenvalue weighted by atomic mass is 9.82. The van der Waals surface area contributed by atoms with Gasteiger partial charge in [-0.1, -0.05) is 0 Å². The fourth-order valence-corrected chi connectivity index (χ4v) is 2.06. The second-order valence-corrected chi connectivity index (χ2v) is 4.36. The van der Waals surface area contributed by atoms with Gasteiger partial charge in [0, 0.05) is 25.0 Å². The Kier molecular flexibility index (Phi) is 2.24. The predicted molar refractivity (Wildman–Crippen MR) is 57.1 cm³/mol. The summed E-state index contributed by atoms with van der Waals surface area (Å²) in [6.45, 7) is 0.285. The van der Waals surface area contributed by atoms with Crippen LogP contribution in [0.5, 0.6) is 5.88 Å². The molecule has 6 heteroatoms. The number of hydrogen-bond acceptors (Lipinski definition) is 3. The summed E-state index contributed by atoms with van der Waals surface area (Å²) in [4.78, 5) is 11.0. The van der Waals surface area contributed by atoms with Crippen molar-refractivity contribution in [3.05, 3.63) is 18.6 Å². The third-order valence-electron chi connectivity index (χ3n) is 2.95. The third-order valence-corrected chi connectivity index (χ3v) is 2.95. The van der Waals surface area contributed by atoms with Crippen LogP contribution in [0.3, 0.4) is 0 Å². The molecule has 0 bridgehead atoms. The van der Waals surface area contributed by atoms with E-state index >= 15 is 0 Å². The number of alkyl halides is 2. The number of rotatable bonds is 3. The summed E-state index contributed by atoms with van der Waals surface area (Å²) >= 11 is 0. The van der Waals surface area contributed by atoms with Gasteiger partial charge in [0.25, 0.3) is 0 Å². The van der Waals surface area contributed by atoms with E-state index in [9.17, 15) is 8.78 Å². The van der Waals surface area contributed by atoms with Crippen LogP contribution in [-0.4, -0.2) is 27.5 Å². The molecule has 2 heterocycles. The van der Waals surface area contributed by atoms with E-state index < -0.39 is 5.92 Å². The van der Waals surface area contributed by atoms with Gasteiger partial charge in [0.15, 0.2) is 0 Å². The Morgan fingerprint density at radius 2 is 2.24 bits per heavy atom. The summed E-state index contributed by atoms with van der Waals surface area (Å²) < 4.78 is 30.7. The average molecular weight is 239 g/mol. The third kappa shape index (κ3) is 1.94. The van der Waals surface area contributed by atoms with Crippen LogP contribution in [0.15, 0.2) is 18.6 Å². The zero-order chi connectivity index (χ0) is 11.9. The van der Waals surface area contributed by atoms with Crippen LogP contribution in [0.25, 0.3) is 11.0 Å². The number of hydrogen-bond donors (Lipinski definition) is 1. The van der Waals surface area contributed by atoms with Gasteiger partial charge in [0.2, 0.25) is 11.8 Å². The standard InChI is InChI=1S/C11H11F2N3O/c12-11(13)3-7(4-11)5-17-10-8-1-2-14-9(8)15-6-16-10/h1-2,6-7H,3-5H2,(H,14,15,16). The SMILES string of the molecule is FC1(F)CC(COc2ncnc3[nH]ccc23)C1. The van der Waals surface area contributed by atoms with Crippen molar-refractivity contribution in [3.8, 4) is 5.88 Å². The van der Waals surface area contributed by atoms with E-state index in [1.165, 1.54) is 6.33 Å². The van der Waals surface area contributed by atoms with Gasteiger partial charge in [0.1, 0.15) is 12.0 Å². The first-order chi connectivity index (χ1) is 8.14. The minimum Gasteiger partial charge on any atom is -0.477 e. The molecule has 0 radical (unpaired) electrons. The number of halogens is 2. The quantitative estimate of drug-likeness (QED) is 0.894. The van der Waals surface area contributed by atoms with E-state index in [1.54, 1.807) is 12.3 Å². The number of H-pyrrole nitrogens is 1. The topological polar surface area (TPSA) is 50.8 Å². The van der Waals surface area contributed by atoms with Crippen molar-refractivity contribution in [1.82, 2.24) is 15.0 Å². The zero-order valence-corrected chi connectivity index (χ0v) is 8.99. The maximum Gasteiger partial charge on any atom is 0.248 e. The van der Waals surface area contributed by atoms with Gasteiger partial charge in [-0.3, -0.25) is 0 Å². The molecule has 2 aromatic heterocycles. The molecule has 1 N–H and O–H groups in total. The predicted octanol–water partition coefficient (Wildman–Crippen LogP) is 2.38. The highest BCUT2D eigenvalue weighted by Gasteiger charge is 2.45. The first kappa shape index (κ1) is 10.4. The van der Waals surface area contributed by atoms with Crippen LogP contribution < -0.4 is 4.74 Å². The number of nitrogens with zero attached hydrogens (tertiary/aromatic N) is 2. The van der Waals surface area contributed by atoms with Crippen molar-refractivity contribution in [3.63, 3.8) is 0 Å². The summed E-state index contributed by atoms with van der Waals surface area (Å²) in [6.07, 6.45) is 2.95. The second-order valence-electron chi connectivity index (χ2n) is 4.36. The molecule has 0 aromatic carbocycles. The molecule has 0 spiro atoms. The van der Waals surface area contributed by atoms with Gasteiger partial charge >= 0.3 is 0 Å². The number of fused-ring (bicyclic) bond motifs is 1. The van der Waals surface area contributed by atoms with Crippen molar-refractivity contribution in [2.24, 2.45) is 5.92 Å². The molecular formula is C11H11F2N3O. The maximum absolute atomic E-state index is 12.6. The molecule has 1 saturated carbocycles. The lowest BCUT2D eigenvalue weighted by Crippen LogP contribution is -2.38. The molecule has 90 valence electrons. The van der Waals surface area contributed by atoms with Crippen molar-refractivity contribution in [2.75, 3.05) is 6.61 Å². The molecule has 1 aliphatic carbocycles. The van der Waals surface area contributed by atoms with Crippen molar-refractivity contribution >= 4 is 11.0 Å². The fourth-order valence-electron chi connectivity index (χ4n) is 2.06. The van der Waals surface area contributed by atoms with Gasteiger partial charge in [-0.05, 0) is 6.07 Å². The van der Waals surface area contributed by atoms with Crippen LogP contribution in [0.1, 0.15) is 12.8 Å². The lowest BCUT2D eigenvalue weighted by Gasteiger charge is -2.34. The molecule has 0 unspecified atom stereocenters. The number of ether oxygens (including phenoxy) is 1. The normalized spacial score (nSPS) is 19.2. The smallest absolute Gasteiger partial charge is 0.248 e. The number of aromatic nitrogens is 3.